The monoisotopic (exact) mass is 446 g/mol. The van der Waals surface area contributed by atoms with Crippen LogP contribution in [0, 0.1) is 5.92 Å². The van der Waals surface area contributed by atoms with Crippen LogP contribution in [0.4, 0.5) is 4.79 Å². The van der Waals surface area contributed by atoms with Crippen molar-refractivity contribution in [1.82, 2.24) is 10.2 Å². The lowest BCUT2D eigenvalue weighted by atomic mass is 10.1. The summed E-state index contributed by atoms with van der Waals surface area (Å²) < 4.78 is 35.3. The van der Waals surface area contributed by atoms with E-state index in [9.17, 15) is 13.2 Å². The number of hydrogen-bond donors (Lipinski definition) is 1. The molecule has 2 aromatic carbocycles. The molecule has 1 fully saturated rings. The zero-order valence-corrected chi connectivity index (χ0v) is 19.2. The van der Waals surface area contributed by atoms with Crippen molar-refractivity contribution in [3.8, 4) is 11.5 Å². The highest BCUT2D eigenvalue weighted by Gasteiger charge is 2.28. The predicted molar refractivity (Wildman–Crippen MR) is 119 cm³/mol. The van der Waals surface area contributed by atoms with Crippen molar-refractivity contribution < 1.29 is 22.1 Å². The Morgan fingerprint density at radius 1 is 1.03 bits per heavy atom. The molecule has 0 aromatic heterocycles. The fraction of sp³-hybridized carbons (Fsp3) is 0.435. The summed E-state index contributed by atoms with van der Waals surface area (Å²) in [4.78, 5) is 14.5. The standard InChI is InChI=1S/C23H30N2O5S/c1-23(2,3)24-22(26)25(15-17-5-6-17)16-18-7-9-20(10-8-18)30-31(27,28)21-13-11-19(29-4)12-14-21/h7-14,17H,5-6,15-16H2,1-4H3,(H,24,26). The summed E-state index contributed by atoms with van der Waals surface area (Å²) in [6, 6.07) is 12.7. The van der Waals surface area contributed by atoms with Gasteiger partial charge in [-0.25, -0.2) is 4.79 Å². The number of carbonyl (C=O) groups is 1. The van der Waals surface area contributed by atoms with E-state index in [0.29, 0.717) is 24.8 Å². The number of rotatable bonds is 8. The Kier molecular flexibility index (Phi) is 6.79. The van der Waals surface area contributed by atoms with E-state index in [4.69, 9.17) is 8.92 Å². The van der Waals surface area contributed by atoms with Gasteiger partial charge in [0.1, 0.15) is 16.4 Å². The number of carbonyl (C=O) groups excluding carboxylic acids is 1. The van der Waals surface area contributed by atoms with Crippen molar-refractivity contribution in [3.63, 3.8) is 0 Å². The lowest BCUT2D eigenvalue weighted by molar-refractivity contribution is 0.183. The molecule has 1 N–H and O–H groups in total. The van der Waals surface area contributed by atoms with Gasteiger partial charge in [0, 0.05) is 18.6 Å². The maximum Gasteiger partial charge on any atom is 0.339 e. The second kappa shape index (κ2) is 9.18. The van der Waals surface area contributed by atoms with Gasteiger partial charge in [-0.3, -0.25) is 0 Å². The number of amides is 2. The van der Waals surface area contributed by atoms with E-state index in [1.54, 1.807) is 36.4 Å². The Morgan fingerprint density at radius 3 is 2.13 bits per heavy atom. The van der Waals surface area contributed by atoms with Crippen LogP contribution in [-0.4, -0.2) is 38.5 Å². The van der Waals surface area contributed by atoms with Crippen LogP contribution in [0.25, 0.3) is 0 Å². The minimum atomic E-state index is -3.95. The summed E-state index contributed by atoms with van der Waals surface area (Å²) in [5.41, 5.74) is 0.589. The molecule has 3 rings (SSSR count). The van der Waals surface area contributed by atoms with Gasteiger partial charge in [0.15, 0.2) is 0 Å². The van der Waals surface area contributed by atoms with Gasteiger partial charge in [0.05, 0.1) is 7.11 Å². The second-order valence-corrected chi connectivity index (χ2v) is 10.4. The minimum absolute atomic E-state index is 0.0480. The summed E-state index contributed by atoms with van der Waals surface area (Å²) in [7, 11) is -2.43. The first-order valence-electron chi connectivity index (χ1n) is 10.3. The van der Waals surface area contributed by atoms with Gasteiger partial charge in [-0.05, 0) is 81.5 Å². The van der Waals surface area contributed by atoms with Crippen LogP contribution in [0.1, 0.15) is 39.2 Å². The molecule has 0 atom stereocenters. The number of ether oxygens (including phenoxy) is 1. The molecule has 2 amide bonds. The summed E-state index contributed by atoms with van der Waals surface area (Å²) in [5.74, 6) is 1.34. The highest BCUT2D eigenvalue weighted by Crippen LogP contribution is 2.30. The van der Waals surface area contributed by atoms with E-state index < -0.39 is 10.1 Å². The van der Waals surface area contributed by atoms with Crippen molar-refractivity contribution in [3.05, 3.63) is 54.1 Å². The summed E-state index contributed by atoms with van der Waals surface area (Å²) in [6.07, 6.45) is 2.30. The quantitative estimate of drug-likeness (QED) is 0.615. The number of nitrogens with zero attached hydrogens (tertiary/aromatic N) is 1. The molecule has 0 unspecified atom stereocenters. The molecular formula is C23H30N2O5S. The molecular weight excluding hydrogens is 416 g/mol. The van der Waals surface area contributed by atoms with E-state index in [2.05, 4.69) is 5.32 Å². The van der Waals surface area contributed by atoms with Crippen LogP contribution in [0.2, 0.25) is 0 Å². The Labute approximate surface area is 184 Å². The topological polar surface area (TPSA) is 84.9 Å². The van der Waals surface area contributed by atoms with E-state index in [0.717, 1.165) is 18.4 Å². The minimum Gasteiger partial charge on any atom is -0.497 e. The smallest absolute Gasteiger partial charge is 0.339 e. The molecule has 0 spiro atoms. The average molecular weight is 447 g/mol. The first-order valence-corrected chi connectivity index (χ1v) is 11.7. The molecule has 1 aliphatic carbocycles. The van der Waals surface area contributed by atoms with Gasteiger partial charge in [-0.1, -0.05) is 12.1 Å². The predicted octanol–water partition coefficient (Wildman–Crippen LogP) is 4.18. The van der Waals surface area contributed by atoms with Gasteiger partial charge < -0.3 is 19.1 Å². The number of urea groups is 1. The van der Waals surface area contributed by atoms with Crippen LogP contribution in [0.15, 0.2) is 53.4 Å². The maximum atomic E-state index is 12.7. The molecule has 0 saturated heterocycles. The molecule has 31 heavy (non-hydrogen) atoms. The summed E-state index contributed by atoms with van der Waals surface area (Å²) in [5, 5.41) is 3.02. The normalized spacial score (nSPS) is 14.1. The van der Waals surface area contributed by atoms with E-state index in [1.165, 1.54) is 19.2 Å². The fourth-order valence-electron chi connectivity index (χ4n) is 3.02. The van der Waals surface area contributed by atoms with Crippen LogP contribution in [0.3, 0.4) is 0 Å². The maximum absolute atomic E-state index is 12.7. The Balaban J connectivity index is 1.66. The molecule has 1 saturated carbocycles. The average Bonchev–Trinajstić information content (AvgIpc) is 3.51. The highest BCUT2D eigenvalue weighted by molar-refractivity contribution is 7.87. The second-order valence-electron chi connectivity index (χ2n) is 8.86. The number of hydrogen-bond acceptors (Lipinski definition) is 5. The highest BCUT2D eigenvalue weighted by atomic mass is 32.2. The van der Waals surface area contributed by atoms with Gasteiger partial charge in [-0.2, -0.15) is 8.42 Å². The van der Waals surface area contributed by atoms with Crippen LogP contribution >= 0.6 is 0 Å². The first-order chi connectivity index (χ1) is 14.6. The molecule has 1 aliphatic rings. The molecule has 0 heterocycles. The number of benzene rings is 2. The van der Waals surface area contributed by atoms with Gasteiger partial charge in [-0.15, -0.1) is 0 Å². The molecule has 0 aliphatic heterocycles. The first kappa shape index (κ1) is 22.9. The Bertz CT molecular complexity index is 992. The number of nitrogens with one attached hydrogen (secondary N) is 1. The van der Waals surface area contributed by atoms with Gasteiger partial charge >= 0.3 is 16.1 Å². The Morgan fingerprint density at radius 2 is 1.61 bits per heavy atom. The van der Waals surface area contributed by atoms with Gasteiger partial charge in [0.25, 0.3) is 0 Å². The van der Waals surface area contributed by atoms with E-state index in [1.807, 2.05) is 25.7 Å². The third-order valence-corrected chi connectivity index (χ3v) is 6.06. The third-order valence-electron chi connectivity index (χ3n) is 4.80. The third kappa shape index (κ3) is 6.89. The van der Waals surface area contributed by atoms with E-state index >= 15 is 0 Å². The van der Waals surface area contributed by atoms with Crippen molar-refractivity contribution in [1.29, 1.82) is 0 Å². The van der Waals surface area contributed by atoms with Crippen LogP contribution in [0.5, 0.6) is 11.5 Å². The largest absolute Gasteiger partial charge is 0.497 e. The zero-order valence-electron chi connectivity index (χ0n) is 18.4. The molecule has 0 bridgehead atoms. The summed E-state index contributed by atoms with van der Waals surface area (Å²) >= 11 is 0. The van der Waals surface area contributed by atoms with Crippen LogP contribution in [-0.2, 0) is 16.7 Å². The summed E-state index contributed by atoms with van der Waals surface area (Å²) in [6.45, 7) is 7.02. The van der Waals surface area contributed by atoms with Gasteiger partial charge in [0.2, 0.25) is 0 Å². The Hall–Kier alpha value is -2.74. The van der Waals surface area contributed by atoms with Crippen molar-refractivity contribution in [2.75, 3.05) is 13.7 Å². The van der Waals surface area contributed by atoms with Crippen molar-refractivity contribution >= 4 is 16.1 Å². The molecule has 168 valence electrons. The van der Waals surface area contributed by atoms with Crippen molar-refractivity contribution in [2.24, 2.45) is 5.92 Å². The molecule has 7 nitrogen and oxygen atoms in total. The van der Waals surface area contributed by atoms with E-state index in [-0.39, 0.29) is 22.2 Å². The lowest BCUT2D eigenvalue weighted by Crippen LogP contribution is -2.48. The van der Waals surface area contributed by atoms with Crippen LogP contribution < -0.4 is 14.2 Å². The zero-order chi connectivity index (χ0) is 22.6. The molecule has 2 aromatic rings. The SMILES string of the molecule is COc1ccc(S(=O)(=O)Oc2ccc(CN(CC3CC3)C(=O)NC(C)(C)C)cc2)cc1. The lowest BCUT2D eigenvalue weighted by Gasteiger charge is -2.28. The fourth-order valence-corrected chi connectivity index (χ4v) is 3.95. The number of methoxy groups -OCH3 is 1. The molecule has 8 heteroatoms. The van der Waals surface area contributed by atoms with Crippen molar-refractivity contribution in [2.45, 2.75) is 50.6 Å². The molecule has 0 radical (unpaired) electrons.